The van der Waals surface area contributed by atoms with E-state index in [9.17, 15) is 5.11 Å². The molecule has 0 radical (unpaired) electrons. The van der Waals surface area contributed by atoms with Crippen molar-refractivity contribution in [1.82, 2.24) is 0 Å². The van der Waals surface area contributed by atoms with Crippen LogP contribution in [0, 0.1) is 0 Å². The maximum Gasteiger partial charge on any atom is 0.0938 e. The Morgan fingerprint density at radius 2 is 2.06 bits per heavy atom. The van der Waals surface area contributed by atoms with Gasteiger partial charge in [0.05, 0.1) is 17.5 Å². The molecule has 2 rings (SSSR count). The Morgan fingerprint density at radius 3 is 2.71 bits per heavy atom. The predicted molar refractivity (Wildman–Crippen MR) is 71.4 cm³/mol. The first kappa shape index (κ1) is 12.1. The summed E-state index contributed by atoms with van der Waals surface area (Å²) < 4.78 is 0. The maximum absolute atomic E-state index is 9.76. The van der Waals surface area contributed by atoms with E-state index in [0.717, 1.165) is 43.5 Å². The van der Waals surface area contributed by atoms with Crippen LogP contribution < -0.4 is 5.43 Å². The number of rotatable bonds is 3. The number of aryl methyl sites for hydroxylation is 1. The Morgan fingerprint density at radius 1 is 1.29 bits per heavy atom. The van der Waals surface area contributed by atoms with Crippen LogP contribution in [0.25, 0.3) is 0 Å². The summed E-state index contributed by atoms with van der Waals surface area (Å²) in [6.45, 7) is 2.14. The van der Waals surface area contributed by atoms with E-state index >= 15 is 0 Å². The van der Waals surface area contributed by atoms with Gasteiger partial charge in [0.2, 0.25) is 0 Å². The van der Waals surface area contributed by atoms with E-state index in [1.165, 1.54) is 5.56 Å². The van der Waals surface area contributed by atoms with Gasteiger partial charge in [0.1, 0.15) is 0 Å². The van der Waals surface area contributed by atoms with E-state index in [4.69, 9.17) is 0 Å². The number of hydrazone groups is 1. The van der Waals surface area contributed by atoms with Crippen LogP contribution in [0.15, 0.2) is 29.4 Å². The number of aliphatic hydroxyl groups excluding tert-OH is 1. The molecule has 0 saturated heterocycles. The Labute approximate surface area is 103 Å². The first-order valence-corrected chi connectivity index (χ1v) is 6.39. The van der Waals surface area contributed by atoms with Gasteiger partial charge in [0, 0.05) is 0 Å². The van der Waals surface area contributed by atoms with Crippen molar-refractivity contribution in [3.63, 3.8) is 0 Å². The first-order valence-electron chi connectivity index (χ1n) is 6.39. The monoisotopic (exact) mass is 232 g/mol. The molecule has 0 heterocycles. The van der Waals surface area contributed by atoms with Crippen molar-refractivity contribution in [3.8, 4) is 0 Å². The lowest BCUT2D eigenvalue weighted by atomic mass is 9.96. The SMILES string of the molecule is CCc1ccc(N/N=C2/CCCCC2O)cc1. The summed E-state index contributed by atoms with van der Waals surface area (Å²) in [6.07, 6.45) is 4.67. The fourth-order valence-corrected chi connectivity index (χ4v) is 2.06. The second-order valence-electron chi connectivity index (χ2n) is 4.53. The molecule has 3 nitrogen and oxygen atoms in total. The Hall–Kier alpha value is -1.35. The summed E-state index contributed by atoms with van der Waals surface area (Å²) in [5.74, 6) is 0. The van der Waals surface area contributed by atoms with Crippen LogP contribution in [-0.2, 0) is 6.42 Å². The summed E-state index contributed by atoms with van der Waals surface area (Å²) in [6, 6.07) is 8.25. The lowest BCUT2D eigenvalue weighted by Gasteiger charge is -2.19. The smallest absolute Gasteiger partial charge is 0.0938 e. The second-order valence-corrected chi connectivity index (χ2v) is 4.53. The van der Waals surface area contributed by atoms with Crippen molar-refractivity contribution < 1.29 is 5.11 Å². The second kappa shape index (κ2) is 5.82. The van der Waals surface area contributed by atoms with E-state index < -0.39 is 0 Å². The summed E-state index contributed by atoms with van der Waals surface area (Å²) in [4.78, 5) is 0. The van der Waals surface area contributed by atoms with Gasteiger partial charge in [-0.2, -0.15) is 5.10 Å². The highest BCUT2D eigenvalue weighted by Crippen LogP contribution is 2.16. The molecule has 0 amide bonds. The third-order valence-corrected chi connectivity index (χ3v) is 3.24. The Balaban J connectivity index is 1.97. The zero-order valence-corrected chi connectivity index (χ0v) is 10.3. The number of benzene rings is 1. The van der Waals surface area contributed by atoms with Gasteiger partial charge in [-0.15, -0.1) is 0 Å². The van der Waals surface area contributed by atoms with Crippen molar-refractivity contribution >= 4 is 11.4 Å². The summed E-state index contributed by atoms with van der Waals surface area (Å²) in [5.41, 5.74) is 6.21. The van der Waals surface area contributed by atoms with Crippen molar-refractivity contribution in [2.45, 2.75) is 45.1 Å². The van der Waals surface area contributed by atoms with Gasteiger partial charge in [-0.25, -0.2) is 0 Å². The molecule has 0 aliphatic heterocycles. The quantitative estimate of drug-likeness (QED) is 0.787. The van der Waals surface area contributed by atoms with Gasteiger partial charge in [-0.3, -0.25) is 5.43 Å². The highest BCUT2D eigenvalue weighted by molar-refractivity contribution is 5.89. The van der Waals surface area contributed by atoms with Crippen LogP contribution in [0.1, 0.15) is 38.2 Å². The minimum atomic E-state index is -0.355. The zero-order valence-electron chi connectivity index (χ0n) is 10.3. The average Bonchev–Trinajstić information content (AvgIpc) is 2.38. The maximum atomic E-state index is 9.76. The minimum absolute atomic E-state index is 0.355. The average molecular weight is 232 g/mol. The molecule has 0 aromatic heterocycles. The lowest BCUT2D eigenvalue weighted by Crippen LogP contribution is -2.25. The molecule has 2 N–H and O–H groups in total. The van der Waals surface area contributed by atoms with Gasteiger partial charge in [-0.05, 0) is 43.4 Å². The highest BCUT2D eigenvalue weighted by Gasteiger charge is 2.17. The van der Waals surface area contributed by atoms with Gasteiger partial charge in [0.15, 0.2) is 0 Å². The number of nitrogens with zero attached hydrogens (tertiary/aromatic N) is 1. The van der Waals surface area contributed by atoms with Crippen LogP contribution in [0.5, 0.6) is 0 Å². The van der Waals surface area contributed by atoms with Crippen LogP contribution in [0.3, 0.4) is 0 Å². The van der Waals surface area contributed by atoms with E-state index in [-0.39, 0.29) is 6.10 Å². The summed E-state index contributed by atoms with van der Waals surface area (Å²) >= 11 is 0. The molecule has 1 aromatic carbocycles. The third kappa shape index (κ3) is 3.30. The summed E-state index contributed by atoms with van der Waals surface area (Å²) in [7, 11) is 0. The molecule has 1 aliphatic rings. The van der Waals surface area contributed by atoms with Crippen molar-refractivity contribution in [3.05, 3.63) is 29.8 Å². The highest BCUT2D eigenvalue weighted by atomic mass is 16.3. The van der Waals surface area contributed by atoms with Crippen molar-refractivity contribution in [1.29, 1.82) is 0 Å². The van der Waals surface area contributed by atoms with Crippen LogP contribution >= 0.6 is 0 Å². The van der Waals surface area contributed by atoms with E-state index in [1.54, 1.807) is 0 Å². The van der Waals surface area contributed by atoms with Crippen LogP contribution in [-0.4, -0.2) is 16.9 Å². The molecular formula is C14H20N2O. The molecule has 0 bridgehead atoms. The first-order chi connectivity index (χ1) is 8.29. The number of nitrogens with one attached hydrogen (secondary N) is 1. The predicted octanol–water partition coefficient (Wildman–Crippen LogP) is 2.95. The van der Waals surface area contributed by atoms with Gasteiger partial charge in [-0.1, -0.05) is 25.5 Å². The molecule has 3 heteroatoms. The Bertz CT molecular complexity index is 384. The molecule has 1 saturated carbocycles. The fourth-order valence-electron chi connectivity index (χ4n) is 2.06. The van der Waals surface area contributed by atoms with Crippen LogP contribution in [0.2, 0.25) is 0 Å². The van der Waals surface area contributed by atoms with Gasteiger partial charge >= 0.3 is 0 Å². The molecule has 1 atom stereocenters. The van der Waals surface area contributed by atoms with E-state index in [2.05, 4.69) is 29.6 Å². The normalized spacial score (nSPS) is 22.7. The van der Waals surface area contributed by atoms with Crippen molar-refractivity contribution in [2.24, 2.45) is 5.10 Å². The van der Waals surface area contributed by atoms with E-state index in [1.807, 2.05) is 12.1 Å². The Kier molecular flexibility index (Phi) is 4.15. The van der Waals surface area contributed by atoms with Crippen molar-refractivity contribution in [2.75, 3.05) is 5.43 Å². The zero-order chi connectivity index (χ0) is 12.1. The number of hydrogen-bond donors (Lipinski definition) is 2. The fraction of sp³-hybridized carbons (Fsp3) is 0.500. The number of anilines is 1. The van der Waals surface area contributed by atoms with Gasteiger partial charge in [0.25, 0.3) is 0 Å². The molecule has 92 valence electrons. The minimum Gasteiger partial charge on any atom is -0.387 e. The standard InChI is InChI=1S/C14H20N2O/c1-2-11-7-9-12(10-8-11)15-16-13-5-3-4-6-14(13)17/h7-10,14-15,17H,2-6H2,1H3/b16-13-. The number of hydrogen-bond acceptors (Lipinski definition) is 3. The number of aliphatic hydroxyl groups is 1. The molecular weight excluding hydrogens is 212 g/mol. The third-order valence-electron chi connectivity index (χ3n) is 3.24. The molecule has 0 spiro atoms. The van der Waals surface area contributed by atoms with Gasteiger partial charge < -0.3 is 5.11 Å². The molecule has 1 unspecified atom stereocenters. The molecule has 17 heavy (non-hydrogen) atoms. The summed E-state index contributed by atoms with van der Waals surface area (Å²) in [5, 5.41) is 14.1. The van der Waals surface area contributed by atoms with E-state index in [0.29, 0.717) is 0 Å². The molecule has 1 fully saturated rings. The van der Waals surface area contributed by atoms with Crippen LogP contribution in [0.4, 0.5) is 5.69 Å². The molecule has 1 aromatic rings. The lowest BCUT2D eigenvalue weighted by molar-refractivity contribution is 0.214. The topological polar surface area (TPSA) is 44.6 Å². The molecule has 1 aliphatic carbocycles. The largest absolute Gasteiger partial charge is 0.387 e.